The summed E-state index contributed by atoms with van der Waals surface area (Å²) < 4.78 is 33.9. The molecule has 0 spiro atoms. The normalized spacial score (nSPS) is 15.9. The van der Waals surface area contributed by atoms with Crippen LogP contribution in [0.2, 0.25) is 5.02 Å². The summed E-state index contributed by atoms with van der Waals surface area (Å²) in [5.74, 6) is 0.692. The van der Waals surface area contributed by atoms with E-state index in [0.29, 0.717) is 30.3 Å². The van der Waals surface area contributed by atoms with Gasteiger partial charge in [-0.3, -0.25) is 0 Å². The number of sulfonamides is 1. The molecular formula is C26H35ClN4O3S. The number of nitrogens with zero attached hydrogens (tertiary/aromatic N) is 2. The summed E-state index contributed by atoms with van der Waals surface area (Å²) in [7, 11) is -1.39. The van der Waals surface area contributed by atoms with Crippen molar-refractivity contribution in [1.29, 1.82) is 0 Å². The molecule has 2 N–H and O–H groups in total. The Kier molecular flexibility index (Phi) is 9.08. The van der Waals surface area contributed by atoms with Crippen LogP contribution in [0.25, 0.3) is 10.9 Å². The quantitative estimate of drug-likeness (QED) is 0.373. The molecular weight excluding hydrogens is 484 g/mol. The standard InChI is InChI=1S/C26H35ClN4O3S/c1-30-13-3-14-31(17-16-30)15-4-18-34-23-7-9-24(10-8-23)35(32,33)29-12-2-5-21-20-28-26-11-6-22(27)19-25(21)26/h6-11,19-20,28-29H,2-5,12-18H2,1H3. The molecule has 190 valence electrons. The number of ether oxygens (including phenoxy) is 1. The van der Waals surface area contributed by atoms with Crippen molar-refractivity contribution < 1.29 is 13.2 Å². The molecule has 2 aromatic carbocycles. The molecule has 1 aliphatic heterocycles. The molecule has 0 bridgehead atoms. The topological polar surface area (TPSA) is 77.7 Å². The number of benzene rings is 2. The predicted molar refractivity (Wildman–Crippen MR) is 142 cm³/mol. The molecule has 2 heterocycles. The molecule has 1 fully saturated rings. The zero-order chi connectivity index (χ0) is 24.7. The first-order chi connectivity index (χ1) is 16.9. The van der Waals surface area contributed by atoms with Crippen LogP contribution >= 0.6 is 11.6 Å². The third kappa shape index (κ3) is 7.44. The van der Waals surface area contributed by atoms with Crippen LogP contribution in [0.15, 0.2) is 53.6 Å². The number of rotatable bonds is 11. The van der Waals surface area contributed by atoms with Gasteiger partial charge in [0, 0.05) is 48.3 Å². The van der Waals surface area contributed by atoms with Crippen LogP contribution in [0.3, 0.4) is 0 Å². The summed E-state index contributed by atoms with van der Waals surface area (Å²) in [4.78, 5) is 8.34. The highest BCUT2D eigenvalue weighted by atomic mass is 35.5. The van der Waals surface area contributed by atoms with Crippen molar-refractivity contribution >= 4 is 32.5 Å². The van der Waals surface area contributed by atoms with Gasteiger partial charge in [-0.05, 0) is 93.8 Å². The number of hydrogen-bond donors (Lipinski definition) is 2. The second kappa shape index (κ2) is 12.2. The minimum Gasteiger partial charge on any atom is -0.494 e. The van der Waals surface area contributed by atoms with Crippen LogP contribution < -0.4 is 9.46 Å². The number of aromatic amines is 1. The predicted octanol–water partition coefficient (Wildman–Crippen LogP) is 4.14. The van der Waals surface area contributed by atoms with E-state index in [9.17, 15) is 8.42 Å². The van der Waals surface area contributed by atoms with Crippen LogP contribution in [0.4, 0.5) is 0 Å². The largest absolute Gasteiger partial charge is 0.494 e. The zero-order valence-corrected chi connectivity index (χ0v) is 21.9. The molecule has 1 aliphatic rings. The van der Waals surface area contributed by atoms with Crippen LogP contribution in [0, 0.1) is 0 Å². The van der Waals surface area contributed by atoms with E-state index in [0.717, 1.165) is 62.0 Å². The van der Waals surface area contributed by atoms with Crippen molar-refractivity contribution in [3.8, 4) is 5.75 Å². The lowest BCUT2D eigenvalue weighted by Crippen LogP contribution is -2.30. The summed E-state index contributed by atoms with van der Waals surface area (Å²) in [6, 6.07) is 12.4. The van der Waals surface area contributed by atoms with Gasteiger partial charge in [-0.25, -0.2) is 13.1 Å². The molecule has 0 amide bonds. The maximum absolute atomic E-state index is 12.7. The van der Waals surface area contributed by atoms with E-state index >= 15 is 0 Å². The number of aromatic nitrogens is 1. The van der Waals surface area contributed by atoms with Gasteiger partial charge >= 0.3 is 0 Å². The summed E-state index contributed by atoms with van der Waals surface area (Å²) in [5.41, 5.74) is 2.16. The van der Waals surface area contributed by atoms with Crippen LogP contribution in [0.5, 0.6) is 5.75 Å². The van der Waals surface area contributed by atoms with E-state index in [4.69, 9.17) is 16.3 Å². The van der Waals surface area contributed by atoms with Gasteiger partial charge in [-0.1, -0.05) is 11.6 Å². The highest BCUT2D eigenvalue weighted by molar-refractivity contribution is 7.89. The average molecular weight is 519 g/mol. The van der Waals surface area contributed by atoms with Crippen LogP contribution in [-0.4, -0.2) is 76.1 Å². The van der Waals surface area contributed by atoms with E-state index in [2.05, 4.69) is 26.6 Å². The van der Waals surface area contributed by atoms with E-state index in [1.54, 1.807) is 24.3 Å². The Bertz CT molecular complexity index is 1200. The fraction of sp³-hybridized carbons (Fsp3) is 0.462. The lowest BCUT2D eigenvalue weighted by molar-refractivity contribution is 0.237. The highest BCUT2D eigenvalue weighted by Crippen LogP contribution is 2.23. The van der Waals surface area contributed by atoms with Gasteiger partial charge in [-0.2, -0.15) is 0 Å². The molecule has 9 heteroatoms. The molecule has 1 aromatic heterocycles. The summed E-state index contributed by atoms with van der Waals surface area (Å²) in [6.45, 7) is 6.52. The maximum atomic E-state index is 12.7. The van der Waals surface area contributed by atoms with Crippen molar-refractivity contribution in [1.82, 2.24) is 19.5 Å². The first-order valence-corrected chi connectivity index (χ1v) is 14.2. The average Bonchev–Trinajstić information content (AvgIpc) is 3.12. The van der Waals surface area contributed by atoms with Crippen molar-refractivity contribution in [3.63, 3.8) is 0 Å². The molecule has 0 saturated carbocycles. The van der Waals surface area contributed by atoms with Crippen LogP contribution in [0.1, 0.15) is 24.8 Å². The monoisotopic (exact) mass is 518 g/mol. The van der Waals surface area contributed by atoms with Crippen molar-refractivity contribution in [2.75, 3.05) is 52.9 Å². The number of hydrogen-bond acceptors (Lipinski definition) is 5. The third-order valence-corrected chi connectivity index (χ3v) is 8.19. The van der Waals surface area contributed by atoms with Gasteiger partial charge in [-0.15, -0.1) is 0 Å². The van der Waals surface area contributed by atoms with Gasteiger partial charge < -0.3 is 19.5 Å². The molecule has 7 nitrogen and oxygen atoms in total. The SMILES string of the molecule is CN1CCCN(CCCOc2ccc(S(=O)(=O)NCCCc3c[nH]c4ccc(Cl)cc34)cc2)CC1. The molecule has 4 rings (SSSR count). The highest BCUT2D eigenvalue weighted by Gasteiger charge is 2.14. The van der Waals surface area contributed by atoms with Crippen LogP contribution in [-0.2, 0) is 16.4 Å². The van der Waals surface area contributed by atoms with E-state index in [-0.39, 0.29) is 4.90 Å². The molecule has 3 aromatic rings. The van der Waals surface area contributed by atoms with Crippen molar-refractivity contribution in [2.24, 2.45) is 0 Å². The number of H-pyrrole nitrogens is 1. The minimum absolute atomic E-state index is 0.248. The Morgan fingerprint density at radius 3 is 2.71 bits per heavy atom. The second-order valence-corrected chi connectivity index (χ2v) is 11.4. The second-order valence-electron chi connectivity index (χ2n) is 9.18. The van der Waals surface area contributed by atoms with Crippen molar-refractivity contribution in [2.45, 2.75) is 30.6 Å². The molecule has 1 saturated heterocycles. The fourth-order valence-electron chi connectivity index (χ4n) is 4.44. The number of halogens is 1. The van der Waals surface area contributed by atoms with Gasteiger partial charge in [0.25, 0.3) is 0 Å². The Balaban J connectivity index is 1.18. The Hall–Kier alpha value is -2.10. The first-order valence-electron chi connectivity index (χ1n) is 12.3. The zero-order valence-electron chi connectivity index (χ0n) is 20.3. The summed E-state index contributed by atoms with van der Waals surface area (Å²) >= 11 is 6.11. The Labute approximate surface area is 213 Å². The molecule has 0 atom stereocenters. The number of likely N-dealkylation sites (N-methyl/N-ethyl adjacent to an activating group) is 1. The van der Waals surface area contributed by atoms with Gasteiger partial charge in [0.05, 0.1) is 11.5 Å². The molecule has 0 aliphatic carbocycles. The number of nitrogens with one attached hydrogen (secondary N) is 2. The summed E-state index contributed by atoms with van der Waals surface area (Å²) in [6.07, 6.45) is 5.56. The smallest absolute Gasteiger partial charge is 0.240 e. The molecule has 35 heavy (non-hydrogen) atoms. The maximum Gasteiger partial charge on any atom is 0.240 e. The van der Waals surface area contributed by atoms with E-state index in [1.807, 2.05) is 24.4 Å². The van der Waals surface area contributed by atoms with Gasteiger partial charge in [0.2, 0.25) is 10.0 Å². The van der Waals surface area contributed by atoms with Crippen molar-refractivity contribution in [3.05, 3.63) is 59.2 Å². The molecule has 0 unspecified atom stereocenters. The van der Waals surface area contributed by atoms with Gasteiger partial charge in [0.15, 0.2) is 0 Å². The molecule has 0 radical (unpaired) electrons. The Morgan fingerprint density at radius 1 is 1.06 bits per heavy atom. The summed E-state index contributed by atoms with van der Waals surface area (Å²) in [5, 5.41) is 1.77. The first kappa shape index (κ1) is 26.0. The van der Waals surface area contributed by atoms with E-state index < -0.39 is 10.0 Å². The third-order valence-electron chi connectivity index (χ3n) is 6.48. The fourth-order valence-corrected chi connectivity index (χ4v) is 5.69. The van der Waals surface area contributed by atoms with E-state index in [1.165, 1.54) is 6.42 Å². The lowest BCUT2D eigenvalue weighted by atomic mass is 10.1. The minimum atomic E-state index is -3.56. The number of fused-ring (bicyclic) bond motifs is 1. The lowest BCUT2D eigenvalue weighted by Gasteiger charge is -2.19. The number of aryl methyl sites for hydroxylation is 1. The van der Waals surface area contributed by atoms with Gasteiger partial charge in [0.1, 0.15) is 5.75 Å². The Morgan fingerprint density at radius 2 is 1.89 bits per heavy atom.